The van der Waals surface area contributed by atoms with E-state index in [4.69, 9.17) is 9.47 Å². The fourth-order valence-corrected chi connectivity index (χ4v) is 1.62. The third kappa shape index (κ3) is 5.14. The lowest BCUT2D eigenvalue weighted by atomic mass is 10.1. The van der Waals surface area contributed by atoms with Crippen LogP contribution in [0.5, 0.6) is 0 Å². The molecule has 2 unspecified atom stereocenters. The van der Waals surface area contributed by atoms with Gasteiger partial charge < -0.3 is 14.6 Å². The molecule has 15 heavy (non-hydrogen) atoms. The van der Waals surface area contributed by atoms with Crippen molar-refractivity contribution in [1.29, 1.82) is 0 Å². The summed E-state index contributed by atoms with van der Waals surface area (Å²) in [5, 5.41) is 9.29. The van der Waals surface area contributed by atoms with Crippen LogP contribution in [-0.4, -0.2) is 36.5 Å². The largest absolute Gasteiger partial charge is 0.460 e. The smallest absolute Gasteiger partial charge is 0.306 e. The maximum absolute atomic E-state index is 11.3. The van der Waals surface area contributed by atoms with Gasteiger partial charge in [-0.1, -0.05) is 19.8 Å². The number of unbranched alkanes of at least 4 members (excludes halogenated alkanes) is 2. The molecule has 1 aliphatic heterocycles. The van der Waals surface area contributed by atoms with E-state index in [2.05, 4.69) is 6.92 Å². The zero-order valence-corrected chi connectivity index (χ0v) is 9.28. The number of carbonyl (C=O) groups excluding carboxylic acids is 1. The first kappa shape index (κ1) is 12.5. The summed E-state index contributed by atoms with van der Waals surface area (Å²) in [6.45, 7) is 2.86. The molecule has 1 fully saturated rings. The molecule has 1 heterocycles. The lowest BCUT2D eigenvalue weighted by molar-refractivity contribution is -0.160. The molecule has 88 valence electrons. The van der Waals surface area contributed by atoms with E-state index < -0.39 is 6.10 Å². The summed E-state index contributed by atoms with van der Waals surface area (Å²) >= 11 is 0. The van der Waals surface area contributed by atoms with E-state index in [-0.39, 0.29) is 12.1 Å². The van der Waals surface area contributed by atoms with Crippen molar-refractivity contribution in [3.63, 3.8) is 0 Å². The fourth-order valence-electron chi connectivity index (χ4n) is 1.62. The van der Waals surface area contributed by atoms with E-state index in [1.165, 1.54) is 0 Å². The highest BCUT2D eigenvalue weighted by molar-refractivity contribution is 5.69. The molecule has 0 spiro atoms. The molecule has 4 nitrogen and oxygen atoms in total. The summed E-state index contributed by atoms with van der Waals surface area (Å²) in [6, 6.07) is 0. The third-order valence-corrected chi connectivity index (χ3v) is 2.43. The van der Waals surface area contributed by atoms with Crippen LogP contribution in [0.4, 0.5) is 0 Å². The second-order valence-corrected chi connectivity index (χ2v) is 4.00. The normalized spacial score (nSPS) is 26.3. The highest BCUT2D eigenvalue weighted by Crippen LogP contribution is 2.12. The molecule has 0 radical (unpaired) electrons. The lowest BCUT2D eigenvalue weighted by Gasteiger charge is -2.25. The zero-order chi connectivity index (χ0) is 11.1. The van der Waals surface area contributed by atoms with Gasteiger partial charge in [0, 0.05) is 12.8 Å². The average molecular weight is 216 g/mol. The maximum Gasteiger partial charge on any atom is 0.306 e. The molecule has 1 aliphatic rings. The number of rotatable bonds is 5. The standard InChI is InChI=1S/C11H20O4/c1-2-3-4-5-11(13)15-10-6-9(12)7-14-8-10/h9-10,12H,2-8H2,1H3. The van der Waals surface area contributed by atoms with Gasteiger partial charge in [-0.2, -0.15) is 0 Å². The van der Waals surface area contributed by atoms with Gasteiger partial charge in [-0.05, 0) is 6.42 Å². The van der Waals surface area contributed by atoms with Crippen LogP contribution in [0.15, 0.2) is 0 Å². The lowest BCUT2D eigenvalue weighted by Crippen LogP contribution is -2.36. The summed E-state index contributed by atoms with van der Waals surface area (Å²) in [6.07, 6.45) is 3.25. The molecule has 0 bridgehead atoms. The van der Waals surface area contributed by atoms with Crippen LogP contribution in [-0.2, 0) is 14.3 Å². The number of aliphatic hydroxyl groups excluding tert-OH is 1. The van der Waals surface area contributed by atoms with Crippen LogP contribution in [0.25, 0.3) is 0 Å². The van der Waals surface area contributed by atoms with Crippen molar-refractivity contribution in [3.8, 4) is 0 Å². The SMILES string of the molecule is CCCCCC(=O)OC1COCC(O)C1. The zero-order valence-electron chi connectivity index (χ0n) is 9.28. The van der Waals surface area contributed by atoms with Crippen LogP contribution < -0.4 is 0 Å². The summed E-state index contributed by atoms with van der Waals surface area (Å²) in [5.74, 6) is -0.175. The van der Waals surface area contributed by atoms with E-state index in [0.717, 1.165) is 19.3 Å². The minimum Gasteiger partial charge on any atom is -0.460 e. The summed E-state index contributed by atoms with van der Waals surface area (Å²) in [5.41, 5.74) is 0. The number of hydrogen-bond donors (Lipinski definition) is 1. The van der Waals surface area contributed by atoms with Gasteiger partial charge in [-0.25, -0.2) is 0 Å². The number of esters is 1. The molecule has 4 heteroatoms. The van der Waals surface area contributed by atoms with Crippen molar-refractivity contribution in [2.45, 2.75) is 51.2 Å². The Morgan fingerprint density at radius 1 is 1.47 bits per heavy atom. The highest BCUT2D eigenvalue weighted by atomic mass is 16.6. The molecule has 0 aromatic carbocycles. The maximum atomic E-state index is 11.3. The minimum atomic E-state index is -0.493. The Morgan fingerprint density at radius 2 is 2.27 bits per heavy atom. The Hall–Kier alpha value is -0.610. The van der Waals surface area contributed by atoms with Crippen molar-refractivity contribution in [1.82, 2.24) is 0 Å². The van der Waals surface area contributed by atoms with Gasteiger partial charge in [0.1, 0.15) is 6.10 Å². The van der Waals surface area contributed by atoms with Crippen LogP contribution in [0.2, 0.25) is 0 Å². The number of ether oxygens (including phenoxy) is 2. The van der Waals surface area contributed by atoms with Crippen LogP contribution in [0.3, 0.4) is 0 Å². The summed E-state index contributed by atoms with van der Waals surface area (Å²) in [7, 11) is 0. The first-order chi connectivity index (χ1) is 7.22. The molecular formula is C11H20O4. The van der Waals surface area contributed by atoms with Crippen LogP contribution in [0, 0.1) is 0 Å². The Labute approximate surface area is 90.6 Å². The molecule has 1 saturated heterocycles. The monoisotopic (exact) mass is 216 g/mol. The van der Waals surface area contributed by atoms with Crippen molar-refractivity contribution >= 4 is 5.97 Å². The Kier molecular flexibility index (Phi) is 5.65. The highest BCUT2D eigenvalue weighted by Gasteiger charge is 2.23. The number of aliphatic hydroxyl groups is 1. The number of carbonyl (C=O) groups is 1. The molecule has 2 atom stereocenters. The molecule has 0 aromatic rings. The predicted molar refractivity (Wildman–Crippen MR) is 55.5 cm³/mol. The van der Waals surface area contributed by atoms with Crippen molar-refractivity contribution < 1.29 is 19.4 Å². The van der Waals surface area contributed by atoms with E-state index in [0.29, 0.717) is 26.1 Å². The summed E-state index contributed by atoms with van der Waals surface area (Å²) in [4.78, 5) is 11.3. The second kappa shape index (κ2) is 6.80. The first-order valence-electron chi connectivity index (χ1n) is 5.67. The molecule has 0 amide bonds. The number of hydrogen-bond acceptors (Lipinski definition) is 4. The average Bonchev–Trinajstić information content (AvgIpc) is 2.18. The molecular weight excluding hydrogens is 196 g/mol. The molecule has 0 saturated carbocycles. The first-order valence-corrected chi connectivity index (χ1v) is 5.67. The molecule has 1 rings (SSSR count). The van der Waals surface area contributed by atoms with E-state index in [9.17, 15) is 9.90 Å². The Morgan fingerprint density at radius 3 is 2.93 bits per heavy atom. The molecule has 1 N–H and O–H groups in total. The summed E-state index contributed by atoms with van der Waals surface area (Å²) < 4.78 is 10.3. The quantitative estimate of drug-likeness (QED) is 0.555. The van der Waals surface area contributed by atoms with E-state index in [1.54, 1.807) is 0 Å². The van der Waals surface area contributed by atoms with Crippen LogP contribution in [0.1, 0.15) is 39.0 Å². The second-order valence-electron chi connectivity index (χ2n) is 4.00. The third-order valence-electron chi connectivity index (χ3n) is 2.43. The van der Waals surface area contributed by atoms with Crippen molar-refractivity contribution in [2.24, 2.45) is 0 Å². The van der Waals surface area contributed by atoms with Crippen molar-refractivity contribution in [3.05, 3.63) is 0 Å². The van der Waals surface area contributed by atoms with Gasteiger partial charge >= 0.3 is 5.97 Å². The minimum absolute atomic E-state index is 0.175. The molecule has 0 aliphatic carbocycles. The van der Waals surface area contributed by atoms with Gasteiger partial charge in [0.15, 0.2) is 0 Å². The Bertz CT molecular complexity index is 193. The van der Waals surface area contributed by atoms with Gasteiger partial charge in [-0.15, -0.1) is 0 Å². The molecule has 0 aromatic heterocycles. The topological polar surface area (TPSA) is 55.8 Å². The van der Waals surface area contributed by atoms with Crippen LogP contribution >= 0.6 is 0 Å². The van der Waals surface area contributed by atoms with Gasteiger partial charge in [0.05, 0.1) is 19.3 Å². The van der Waals surface area contributed by atoms with Crippen molar-refractivity contribution in [2.75, 3.05) is 13.2 Å². The van der Waals surface area contributed by atoms with Gasteiger partial charge in [-0.3, -0.25) is 4.79 Å². The van der Waals surface area contributed by atoms with E-state index >= 15 is 0 Å². The van der Waals surface area contributed by atoms with E-state index in [1.807, 2.05) is 0 Å². The van der Waals surface area contributed by atoms with Gasteiger partial charge in [0.25, 0.3) is 0 Å². The Balaban J connectivity index is 2.13. The van der Waals surface area contributed by atoms with Gasteiger partial charge in [0.2, 0.25) is 0 Å². The fraction of sp³-hybridized carbons (Fsp3) is 0.909. The predicted octanol–water partition coefficient (Wildman–Crippen LogP) is 1.26.